The molecule has 0 aromatic rings. The number of hydrogen-bond donors (Lipinski definition) is 4. The Hall–Kier alpha value is -2.91. The normalized spacial score (nSPS) is 21.4. The first-order chi connectivity index (χ1) is 27.0. The van der Waals surface area contributed by atoms with Crippen molar-refractivity contribution in [1.29, 1.82) is 0 Å². The lowest BCUT2D eigenvalue weighted by molar-refractivity contribution is -0.297. The molecule has 0 aromatic heterocycles. The van der Waals surface area contributed by atoms with Crippen LogP contribution in [0.4, 0.5) is 0 Å². The number of allylic oxidation sites excluding steroid dienone is 11. The predicted molar refractivity (Wildman–Crippen MR) is 219 cm³/mol. The van der Waals surface area contributed by atoms with E-state index >= 15 is 0 Å². The summed E-state index contributed by atoms with van der Waals surface area (Å²) in [5.74, 6) is -2.17. The first-order valence-corrected chi connectivity index (χ1v) is 22.1. The monoisotopic (exact) mass is 810 g/mol. The third-order valence-corrected chi connectivity index (χ3v) is 9.55. The van der Waals surface area contributed by atoms with Gasteiger partial charge >= 0.3 is 11.9 Å². The van der Waals surface area contributed by atoms with Crippen LogP contribution in [0.1, 0.15) is 129 Å². The maximum atomic E-state index is 12.7. The fourth-order valence-electron chi connectivity index (χ4n) is 5.63. The second-order valence-corrected chi connectivity index (χ2v) is 15.4. The van der Waals surface area contributed by atoms with Crippen molar-refractivity contribution >= 4 is 22.1 Å². The van der Waals surface area contributed by atoms with Crippen LogP contribution in [0.3, 0.4) is 0 Å². The van der Waals surface area contributed by atoms with Crippen molar-refractivity contribution in [2.75, 3.05) is 19.0 Å². The zero-order valence-corrected chi connectivity index (χ0v) is 34.5. The molecule has 1 heterocycles. The minimum absolute atomic E-state index is 0.0728. The number of hydrogen-bond acceptors (Lipinski definition) is 11. The summed E-state index contributed by atoms with van der Waals surface area (Å²) in [6, 6.07) is 0. The van der Waals surface area contributed by atoms with Gasteiger partial charge in [-0.15, -0.1) is 0 Å². The van der Waals surface area contributed by atoms with Gasteiger partial charge in [-0.25, -0.2) is 0 Å². The summed E-state index contributed by atoms with van der Waals surface area (Å²) in [6.07, 6.45) is 31.3. The number of esters is 2. The largest absolute Gasteiger partial charge is 0.462 e. The van der Waals surface area contributed by atoms with Gasteiger partial charge in [-0.2, -0.15) is 8.42 Å². The van der Waals surface area contributed by atoms with E-state index in [1.165, 1.54) is 25.7 Å². The Morgan fingerprint density at radius 3 is 1.75 bits per heavy atom. The van der Waals surface area contributed by atoms with Gasteiger partial charge in [-0.3, -0.25) is 14.1 Å². The van der Waals surface area contributed by atoms with Crippen LogP contribution >= 0.6 is 0 Å². The standard InChI is InChI=1S/C43H70O12S/c1-3-5-7-9-11-13-15-17-18-20-22-24-26-28-30-32-39(45)54-36(34-53-43-42(48)41(47)40(46)37(55-43)35-56(49,50)51)33-52-38(44)31-29-27-25-23-21-19-16-14-12-10-8-6-4-2/h5,7,11,13-14,16-18,22,24,28,30,36-37,40-43,46-48H,3-4,6,8-10,12,15,19-21,23,25-27,29,31-35H2,1-2H3,(H,49,50,51)/b7-5-,13-11-,16-14-,18-17-,24-22-,30-28-. The van der Waals surface area contributed by atoms with Crippen molar-refractivity contribution in [1.82, 2.24) is 0 Å². The molecule has 13 heteroatoms. The first-order valence-electron chi connectivity index (χ1n) is 20.5. The van der Waals surface area contributed by atoms with Crippen LogP contribution < -0.4 is 0 Å². The number of carbonyl (C=O) groups is 2. The van der Waals surface area contributed by atoms with Crippen molar-refractivity contribution in [3.63, 3.8) is 0 Å². The number of unbranched alkanes of at least 4 members (excludes halogenated alkanes) is 9. The zero-order valence-electron chi connectivity index (χ0n) is 33.7. The van der Waals surface area contributed by atoms with E-state index in [9.17, 15) is 37.9 Å². The van der Waals surface area contributed by atoms with E-state index in [1.807, 2.05) is 18.2 Å². The van der Waals surface area contributed by atoms with Crippen LogP contribution in [0, 0.1) is 0 Å². The topological polar surface area (TPSA) is 186 Å². The molecule has 1 aliphatic rings. The lowest BCUT2D eigenvalue weighted by Gasteiger charge is -2.40. The minimum atomic E-state index is -4.61. The summed E-state index contributed by atoms with van der Waals surface area (Å²) < 4.78 is 53.8. The summed E-state index contributed by atoms with van der Waals surface area (Å²) in [5.41, 5.74) is 0. The molecule has 1 saturated heterocycles. The zero-order chi connectivity index (χ0) is 41.3. The molecule has 4 N–H and O–H groups in total. The van der Waals surface area contributed by atoms with Gasteiger partial charge in [0.25, 0.3) is 10.1 Å². The van der Waals surface area contributed by atoms with Gasteiger partial charge in [0, 0.05) is 6.42 Å². The number of aliphatic hydroxyl groups excluding tert-OH is 3. The van der Waals surface area contributed by atoms with Crippen LogP contribution in [0.5, 0.6) is 0 Å². The molecule has 6 unspecified atom stereocenters. The van der Waals surface area contributed by atoms with Gasteiger partial charge in [-0.1, -0.05) is 125 Å². The number of rotatable bonds is 32. The molecule has 56 heavy (non-hydrogen) atoms. The Labute approximate surface area is 336 Å². The lowest BCUT2D eigenvalue weighted by atomic mass is 10.00. The highest BCUT2D eigenvalue weighted by Crippen LogP contribution is 2.23. The molecular formula is C43H70O12S. The first kappa shape index (κ1) is 51.1. The van der Waals surface area contributed by atoms with Crippen molar-refractivity contribution in [2.45, 2.75) is 166 Å². The van der Waals surface area contributed by atoms with Crippen molar-refractivity contribution in [3.05, 3.63) is 72.9 Å². The van der Waals surface area contributed by atoms with E-state index in [0.29, 0.717) is 12.8 Å². The average molecular weight is 811 g/mol. The van der Waals surface area contributed by atoms with Crippen molar-refractivity contribution in [3.8, 4) is 0 Å². The SMILES string of the molecule is CC/C=C\C/C=C\C/C=C\C/C=C\C/C=C\CC(=O)OC(COC(=O)CCCCCCC/C=C\CCCCCC)COC1OC(CS(=O)(=O)O)C(O)C(O)C1O. The lowest BCUT2D eigenvalue weighted by Crippen LogP contribution is -2.60. The van der Waals surface area contributed by atoms with Crippen LogP contribution in [0.2, 0.25) is 0 Å². The average Bonchev–Trinajstić information content (AvgIpc) is 3.16. The second kappa shape index (κ2) is 33.1. The molecule has 1 rings (SSSR count). The fourth-order valence-corrected chi connectivity index (χ4v) is 6.32. The molecular weight excluding hydrogens is 741 g/mol. The minimum Gasteiger partial charge on any atom is -0.462 e. The van der Waals surface area contributed by atoms with Crippen molar-refractivity contribution in [2.24, 2.45) is 0 Å². The summed E-state index contributed by atoms with van der Waals surface area (Å²) in [4.78, 5) is 25.2. The van der Waals surface area contributed by atoms with Gasteiger partial charge in [-0.05, 0) is 64.2 Å². The van der Waals surface area contributed by atoms with Gasteiger partial charge < -0.3 is 34.3 Å². The van der Waals surface area contributed by atoms with E-state index in [-0.39, 0.29) is 19.4 Å². The highest BCUT2D eigenvalue weighted by atomic mass is 32.2. The van der Waals surface area contributed by atoms with Crippen LogP contribution in [0.15, 0.2) is 72.9 Å². The smallest absolute Gasteiger partial charge is 0.310 e. The Kier molecular flexibility index (Phi) is 30.2. The Bertz CT molecular complexity index is 1320. The predicted octanol–water partition coefficient (Wildman–Crippen LogP) is 7.55. The molecule has 0 spiro atoms. The number of aliphatic hydroxyl groups is 3. The molecule has 1 aliphatic heterocycles. The molecule has 320 valence electrons. The molecule has 1 fully saturated rings. The molecule has 0 radical (unpaired) electrons. The highest BCUT2D eigenvalue weighted by molar-refractivity contribution is 7.85. The number of carbonyl (C=O) groups excluding carboxylic acids is 2. The molecule has 0 saturated carbocycles. The molecule has 0 amide bonds. The number of ether oxygens (including phenoxy) is 4. The quantitative estimate of drug-likeness (QED) is 0.0227. The second-order valence-electron chi connectivity index (χ2n) is 13.9. The summed E-state index contributed by atoms with van der Waals surface area (Å²) in [5, 5.41) is 30.8. The third kappa shape index (κ3) is 27.6. The molecule has 6 atom stereocenters. The van der Waals surface area contributed by atoms with Gasteiger partial charge in [0.05, 0.1) is 13.0 Å². The van der Waals surface area contributed by atoms with E-state index in [2.05, 4.69) is 62.5 Å². The summed E-state index contributed by atoms with van der Waals surface area (Å²) >= 11 is 0. The van der Waals surface area contributed by atoms with Gasteiger partial charge in [0.1, 0.15) is 36.8 Å². The maximum Gasteiger partial charge on any atom is 0.310 e. The Morgan fingerprint density at radius 1 is 0.643 bits per heavy atom. The van der Waals surface area contributed by atoms with E-state index in [4.69, 9.17) is 18.9 Å². The molecule has 12 nitrogen and oxygen atoms in total. The van der Waals surface area contributed by atoms with Crippen LogP contribution in [0.25, 0.3) is 0 Å². The third-order valence-electron chi connectivity index (χ3n) is 8.80. The Balaban J connectivity index is 2.58. The fraction of sp³-hybridized carbons (Fsp3) is 0.674. The van der Waals surface area contributed by atoms with E-state index in [0.717, 1.165) is 64.2 Å². The maximum absolute atomic E-state index is 12.7. The van der Waals surface area contributed by atoms with Crippen LogP contribution in [-0.4, -0.2) is 96.0 Å². The van der Waals surface area contributed by atoms with Gasteiger partial charge in [0.15, 0.2) is 12.4 Å². The summed E-state index contributed by atoms with van der Waals surface area (Å²) in [6.45, 7) is 3.51. The highest BCUT2D eigenvalue weighted by Gasteiger charge is 2.46. The van der Waals surface area contributed by atoms with E-state index < -0.39 is 71.2 Å². The molecule has 0 aliphatic carbocycles. The van der Waals surface area contributed by atoms with Crippen LogP contribution in [-0.2, 0) is 38.7 Å². The Morgan fingerprint density at radius 2 is 1.18 bits per heavy atom. The molecule has 0 aromatic carbocycles. The van der Waals surface area contributed by atoms with Gasteiger partial charge in [0.2, 0.25) is 0 Å². The summed E-state index contributed by atoms with van der Waals surface area (Å²) in [7, 11) is -4.61. The van der Waals surface area contributed by atoms with Crippen molar-refractivity contribution < 1.29 is 56.8 Å². The molecule has 0 bridgehead atoms. The van der Waals surface area contributed by atoms with E-state index in [1.54, 1.807) is 6.08 Å².